The van der Waals surface area contributed by atoms with Crippen LogP contribution in [0.3, 0.4) is 0 Å². The SMILES string of the molecule is C=C(/N=C\C)NN.CC. The lowest BCUT2D eigenvalue weighted by Gasteiger charge is -1.91. The summed E-state index contributed by atoms with van der Waals surface area (Å²) in [7, 11) is 0. The molecule has 0 fully saturated rings. The molecule has 0 aliphatic heterocycles. The van der Waals surface area contributed by atoms with Gasteiger partial charge in [0, 0.05) is 6.21 Å². The molecule has 0 rings (SSSR count). The molecule has 0 aliphatic rings. The summed E-state index contributed by atoms with van der Waals surface area (Å²) >= 11 is 0. The lowest BCUT2D eigenvalue weighted by Crippen LogP contribution is -2.18. The fraction of sp³-hybridized carbons (Fsp3) is 0.500. The third kappa shape index (κ3) is 11.0. The van der Waals surface area contributed by atoms with Crippen molar-refractivity contribution in [2.45, 2.75) is 20.8 Å². The zero-order chi connectivity index (χ0) is 7.70. The van der Waals surface area contributed by atoms with Gasteiger partial charge in [0.15, 0.2) is 0 Å². The molecular weight excluding hydrogens is 114 g/mol. The molecular formula is C6H15N3. The molecule has 0 spiro atoms. The Morgan fingerprint density at radius 2 is 2.11 bits per heavy atom. The first kappa shape index (κ1) is 11.0. The number of hydrogen-bond donors (Lipinski definition) is 2. The Kier molecular flexibility index (Phi) is 12.5. The smallest absolute Gasteiger partial charge is 0.132 e. The molecule has 0 aromatic carbocycles. The summed E-state index contributed by atoms with van der Waals surface area (Å²) in [5.41, 5.74) is 2.27. The molecule has 0 bridgehead atoms. The third-order valence-corrected chi connectivity index (χ3v) is 0.452. The standard InChI is InChI=1S/C4H9N3.C2H6/c1-3-6-4(2)7-5;1-2/h3,7H,2,5H2,1H3;1-2H3/b6-3-;. The maximum atomic E-state index is 4.89. The van der Waals surface area contributed by atoms with E-state index in [-0.39, 0.29) is 0 Å². The van der Waals surface area contributed by atoms with Gasteiger partial charge in [-0.2, -0.15) is 0 Å². The molecule has 3 nitrogen and oxygen atoms in total. The summed E-state index contributed by atoms with van der Waals surface area (Å²) in [5.74, 6) is 5.37. The summed E-state index contributed by atoms with van der Waals surface area (Å²) in [4.78, 5) is 3.69. The quantitative estimate of drug-likeness (QED) is 0.332. The molecule has 3 N–H and O–H groups in total. The number of rotatable bonds is 2. The summed E-state index contributed by atoms with van der Waals surface area (Å²) in [6, 6.07) is 0. The first-order valence-corrected chi connectivity index (χ1v) is 2.95. The minimum Gasteiger partial charge on any atom is -0.309 e. The van der Waals surface area contributed by atoms with Crippen molar-refractivity contribution in [1.29, 1.82) is 0 Å². The number of aliphatic imine (C=N–C) groups is 1. The Hall–Kier alpha value is -0.830. The van der Waals surface area contributed by atoms with Gasteiger partial charge in [-0.05, 0) is 6.92 Å². The molecule has 0 aromatic rings. The number of hydrazine groups is 1. The van der Waals surface area contributed by atoms with E-state index in [1.54, 1.807) is 13.1 Å². The largest absolute Gasteiger partial charge is 0.309 e. The van der Waals surface area contributed by atoms with Gasteiger partial charge < -0.3 is 5.43 Å². The fourth-order valence-corrected chi connectivity index (χ4v) is 0.193. The summed E-state index contributed by atoms with van der Waals surface area (Å²) in [6.07, 6.45) is 1.61. The number of nitrogens with one attached hydrogen (secondary N) is 1. The Morgan fingerprint density at radius 3 is 2.22 bits per heavy atom. The zero-order valence-electron chi connectivity index (χ0n) is 6.31. The minimum atomic E-state index is 0.475. The lowest BCUT2D eigenvalue weighted by molar-refractivity contribution is 0.877. The molecule has 0 saturated heterocycles. The second-order valence-corrected chi connectivity index (χ2v) is 0.978. The van der Waals surface area contributed by atoms with Crippen LogP contribution in [-0.2, 0) is 0 Å². The fourth-order valence-electron chi connectivity index (χ4n) is 0.193. The van der Waals surface area contributed by atoms with Gasteiger partial charge in [0.05, 0.1) is 0 Å². The van der Waals surface area contributed by atoms with Crippen LogP contribution >= 0.6 is 0 Å². The van der Waals surface area contributed by atoms with Crippen molar-refractivity contribution in [3.8, 4) is 0 Å². The van der Waals surface area contributed by atoms with Crippen molar-refractivity contribution < 1.29 is 0 Å². The van der Waals surface area contributed by atoms with E-state index in [9.17, 15) is 0 Å². The van der Waals surface area contributed by atoms with E-state index in [1.807, 2.05) is 13.8 Å². The van der Waals surface area contributed by atoms with Crippen molar-refractivity contribution in [2.24, 2.45) is 10.8 Å². The highest BCUT2D eigenvalue weighted by molar-refractivity contribution is 5.54. The lowest BCUT2D eigenvalue weighted by atomic mass is 10.8. The van der Waals surface area contributed by atoms with Gasteiger partial charge in [-0.3, -0.25) is 0 Å². The van der Waals surface area contributed by atoms with Crippen molar-refractivity contribution in [2.75, 3.05) is 0 Å². The van der Waals surface area contributed by atoms with Gasteiger partial charge in [0.2, 0.25) is 0 Å². The van der Waals surface area contributed by atoms with Crippen LogP contribution in [0.25, 0.3) is 0 Å². The molecule has 0 amide bonds. The number of nitrogens with two attached hydrogens (primary N) is 1. The number of nitrogens with zero attached hydrogens (tertiary/aromatic N) is 1. The molecule has 0 saturated carbocycles. The normalized spacial score (nSPS) is 8.00. The van der Waals surface area contributed by atoms with Crippen molar-refractivity contribution in [3.05, 3.63) is 12.4 Å². The van der Waals surface area contributed by atoms with E-state index in [0.29, 0.717) is 5.82 Å². The molecule has 0 aromatic heterocycles. The van der Waals surface area contributed by atoms with E-state index in [1.165, 1.54) is 0 Å². The van der Waals surface area contributed by atoms with Crippen LogP contribution in [0.4, 0.5) is 0 Å². The second-order valence-electron chi connectivity index (χ2n) is 0.978. The topological polar surface area (TPSA) is 50.4 Å². The first-order chi connectivity index (χ1) is 4.31. The minimum absolute atomic E-state index is 0.475. The summed E-state index contributed by atoms with van der Waals surface area (Å²) < 4.78 is 0. The van der Waals surface area contributed by atoms with Gasteiger partial charge in [-0.25, -0.2) is 10.8 Å². The van der Waals surface area contributed by atoms with Crippen molar-refractivity contribution in [1.82, 2.24) is 5.43 Å². The molecule has 0 heterocycles. The van der Waals surface area contributed by atoms with Crippen LogP contribution in [-0.4, -0.2) is 6.21 Å². The van der Waals surface area contributed by atoms with Gasteiger partial charge in [-0.15, -0.1) is 0 Å². The molecule has 0 aliphatic carbocycles. The highest BCUT2D eigenvalue weighted by Crippen LogP contribution is 1.76. The van der Waals surface area contributed by atoms with Gasteiger partial charge >= 0.3 is 0 Å². The predicted octanol–water partition coefficient (Wildman–Crippen LogP) is 1.04. The first-order valence-electron chi connectivity index (χ1n) is 2.95. The van der Waals surface area contributed by atoms with Crippen LogP contribution < -0.4 is 11.3 Å². The maximum absolute atomic E-state index is 4.89. The molecule has 0 radical (unpaired) electrons. The molecule has 0 unspecified atom stereocenters. The van der Waals surface area contributed by atoms with E-state index < -0.39 is 0 Å². The van der Waals surface area contributed by atoms with E-state index in [2.05, 4.69) is 17.0 Å². The van der Waals surface area contributed by atoms with E-state index in [0.717, 1.165) is 0 Å². The van der Waals surface area contributed by atoms with Crippen molar-refractivity contribution >= 4 is 6.21 Å². The zero-order valence-corrected chi connectivity index (χ0v) is 6.31. The van der Waals surface area contributed by atoms with E-state index in [4.69, 9.17) is 5.84 Å². The maximum Gasteiger partial charge on any atom is 0.132 e. The second kappa shape index (κ2) is 10.2. The Labute approximate surface area is 56.6 Å². The van der Waals surface area contributed by atoms with Crippen LogP contribution in [0, 0.1) is 0 Å². The average Bonchev–Trinajstić information content (AvgIpc) is 1.93. The molecule has 9 heavy (non-hydrogen) atoms. The van der Waals surface area contributed by atoms with Gasteiger partial charge in [0.1, 0.15) is 5.82 Å². The average molecular weight is 129 g/mol. The number of hydrogen-bond acceptors (Lipinski definition) is 3. The van der Waals surface area contributed by atoms with Gasteiger partial charge in [-0.1, -0.05) is 20.4 Å². The van der Waals surface area contributed by atoms with Crippen LogP contribution in [0.1, 0.15) is 20.8 Å². The van der Waals surface area contributed by atoms with Crippen LogP contribution in [0.15, 0.2) is 17.4 Å². The Bertz CT molecular complexity index is 86.3. The van der Waals surface area contributed by atoms with Gasteiger partial charge in [0.25, 0.3) is 0 Å². The molecule has 54 valence electrons. The van der Waals surface area contributed by atoms with Crippen LogP contribution in [0.2, 0.25) is 0 Å². The monoisotopic (exact) mass is 129 g/mol. The predicted molar refractivity (Wildman–Crippen MR) is 42.0 cm³/mol. The van der Waals surface area contributed by atoms with E-state index >= 15 is 0 Å². The Balaban J connectivity index is 0. The molecule has 3 heteroatoms. The van der Waals surface area contributed by atoms with Crippen LogP contribution in [0.5, 0.6) is 0 Å². The Morgan fingerprint density at radius 1 is 1.67 bits per heavy atom. The van der Waals surface area contributed by atoms with Crippen molar-refractivity contribution in [3.63, 3.8) is 0 Å². The summed E-state index contributed by atoms with van der Waals surface area (Å²) in [5, 5.41) is 0. The molecule has 0 atom stereocenters. The highest BCUT2D eigenvalue weighted by Gasteiger charge is 1.73. The third-order valence-electron chi connectivity index (χ3n) is 0.452. The highest BCUT2D eigenvalue weighted by atomic mass is 15.3. The summed E-state index contributed by atoms with van der Waals surface area (Å²) in [6.45, 7) is 9.22.